The fraction of sp³-hybridized carbons (Fsp3) is 0.533. The predicted molar refractivity (Wildman–Crippen MR) is 78.3 cm³/mol. The number of nitrogens with zero attached hydrogens (tertiary/aromatic N) is 1. The Morgan fingerprint density at radius 2 is 2.15 bits per heavy atom. The molecule has 2 rings (SSSR count). The van der Waals surface area contributed by atoms with Crippen LogP contribution in [0, 0.1) is 0 Å². The molecule has 1 amide bonds. The topological polar surface area (TPSA) is 53.6 Å². The summed E-state index contributed by atoms with van der Waals surface area (Å²) in [5, 5.41) is 6.14. The van der Waals surface area contributed by atoms with E-state index in [4.69, 9.17) is 4.74 Å². The molecule has 5 nitrogen and oxygen atoms in total. The minimum Gasteiger partial charge on any atom is -0.378 e. The molecule has 2 N–H and O–H groups in total. The minimum absolute atomic E-state index is 0.00403. The molecule has 0 aromatic heterocycles. The number of ether oxygens (including phenoxy) is 1. The van der Waals surface area contributed by atoms with Crippen LogP contribution in [0.4, 0.5) is 0 Å². The summed E-state index contributed by atoms with van der Waals surface area (Å²) in [6.07, 6.45) is 0. The van der Waals surface area contributed by atoms with Crippen molar-refractivity contribution in [3.63, 3.8) is 0 Å². The van der Waals surface area contributed by atoms with E-state index in [9.17, 15) is 4.79 Å². The Bertz CT molecular complexity index is 442. The van der Waals surface area contributed by atoms with Crippen molar-refractivity contribution in [3.8, 4) is 0 Å². The highest BCUT2D eigenvalue weighted by molar-refractivity contribution is 5.82. The Kier molecular flexibility index (Phi) is 5.52. The number of hydrogen-bond acceptors (Lipinski definition) is 4. The zero-order valence-electron chi connectivity index (χ0n) is 12.2. The van der Waals surface area contributed by atoms with Crippen LogP contribution in [0.5, 0.6) is 0 Å². The fourth-order valence-corrected chi connectivity index (χ4v) is 2.26. The summed E-state index contributed by atoms with van der Waals surface area (Å²) in [4.78, 5) is 14.2. The van der Waals surface area contributed by atoms with Gasteiger partial charge in [-0.25, -0.2) is 0 Å². The molecule has 0 radical (unpaired) electrons. The Morgan fingerprint density at radius 1 is 1.40 bits per heavy atom. The molecule has 110 valence electrons. The summed E-state index contributed by atoms with van der Waals surface area (Å²) in [5.74, 6) is 0.00403. The highest BCUT2D eigenvalue weighted by Gasteiger charge is 2.20. The van der Waals surface area contributed by atoms with Gasteiger partial charge >= 0.3 is 0 Å². The number of amides is 1. The third-order valence-electron chi connectivity index (χ3n) is 3.30. The van der Waals surface area contributed by atoms with Crippen molar-refractivity contribution < 1.29 is 9.53 Å². The Morgan fingerprint density at radius 3 is 2.80 bits per heavy atom. The van der Waals surface area contributed by atoms with Crippen LogP contribution in [0.3, 0.4) is 0 Å². The van der Waals surface area contributed by atoms with Gasteiger partial charge in [0.25, 0.3) is 0 Å². The molecule has 1 atom stereocenters. The quantitative estimate of drug-likeness (QED) is 0.815. The van der Waals surface area contributed by atoms with E-state index in [0.717, 1.165) is 18.7 Å². The molecule has 1 aliphatic heterocycles. The van der Waals surface area contributed by atoms with E-state index in [-0.39, 0.29) is 11.9 Å². The first-order valence-electron chi connectivity index (χ1n) is 6.97. The van der Waals surface area contributed by atoms with E-state index in [1.165, 1.54) is 5.56 Å². The van der Waals surface area contributed by atoms with Crippen LogP contribution in [0.1, 0.15) is 11.1 Å². The standard InChI is InChI=1S/C15H23N3O2/c1-18(2)10-13-6-4-3-5-12(13)9-17-15(19)14-11-20-8-7-16-14/h3-6,14,16H,7-11H2,1-2H3,(H,17,19). The maximum atomic E-state index is 12.0. The van der Waals surface area contributed by atoms with Gasteiger partial charge in [-0.05, 0) is 25.2 Å². The van der Waals surface area contributed by atoms with Gasteiger partial charge in [-0.3, -0.25) is 4.79 Å². The summed E-state index contributed by atoms with van der Waals surface area (Å²) >= 11 is 0. The number of hydrogen-bond donors (Lipinski definition) is 2. The normalized spacial score (nSPS) is 19.1. The van der Waals surface area contributed by atoms with Gasteiger partial charge in [0.05, 0.1) is 13.2 Å². The van der Waals surface area contributed by atoms with Gasteiger partial charge in [-0.2, -0.15) is 0 Å². The Hall–Kier alpha value is -1.43. The smallest absolute Gasteiger partial charge is 0.239 e. The van der Waals surface area contributed by atoms with Gasteiger partial charge in [0.1, 0.15) is 6.04 Å². The van der Waals surface area contributed by atoms with Crippen LogP contribution in [0.2, 0.25) is 0 Å². The molecule has 0 spiro atoms. The summed E-state index contributed by atoms with van der Waals surface area (Å²) in [5.41, 5.74) is 2.40. The van der Waals surface area contributed by atoms with Crippen LogP contribution in [-0.2, 0) is 22.6 Å². The molecule has 1 saturated heterocycles. The van der Waals surface area contributed by atoms with Crippen molar-refractivity contribution >= 4 is 5.91 Å². The lowest BCUT2D eigenvalue weighted by molar-refractivity contribution is -0.126. The summed E-state index contributed by atoms with van der Waals surface area (Å²) < 4.78 is 5.30. The average Bonchev–Trinajstić information content (AvgIpc) is 2.46. The first-order valence-corrected chi connectivity index (χ1v) is 6.97. The van der Waals surface area contributed by atoms with E-state index in [2.05, 4.69) is 27.7 Å². The number of rotatable bonds is 5. The number of morpholine rings is 1. The Balaban J connectivity index is 1.91. The molecule has 20 heavy (non-hydrogen) atoms. The highest BCUT2D eigenvalue weighted by Crippen LogP contribution is 2.10. The van der Waals surface area contributed by atoms with Gasteiger partial charge in [-0.1, -0.05) is 24.3 Å². The molecular weight excluding hydrogens is 254 g/mol. The number of carbonyl (C=O) groups is 1. The first-order chi connectivity index (χ1) is 9.66. The van der Waals surface area contributed by atoms with E-state index in [1.807, 2.05) is 26.2 Å². The molecule has 0 bridgehead atoms. The van der Waals surface area contributed by atoms with Crippen molar-refractivity contribution in [2.24, 2.45) is 0 Å². The lowest BCUT2D eigenvalue weighted by atomic mass is 10.1. The molecule has 1 fully saturated rings. The lowest BCUT2D eigenvalue weighted by Crippen LogP contribution is -2.51. The van der Waals surface area contributed by atoms with Crippen LogP contribution >= 0.6 is 0 Å². The van der Waals surface area contributed by atoms with Crippen molar-refractivity contribution in [2.75, 3.05) is 33.9 Å². The van der Waals surface area contributed by atoms with Gasteiger partial charge in [0.15, 0.2) is 0 Å². The molecule has 1 aromatic rings. The second-order valence-electron chi connectivity index (χ2n) is 5.31. The van der Waals surface area contributed by atoms with Crippen molar-refractivity contribution in [2.45, 2.75) is 19.1 Å². The lowest BCUT2D eigenvalue weighted by Gasteiger charge is -2.23. The van der Waals surface area contributed by atoms with Gasteiger partial charge in [0.2, 0.25) is 5.91 Å². The molecule has 1 aromatic carbocycles. The maximum Gasteiger partial charge on any atom is 0.239 e. The van der Waals surface area contributed by atoms with Crippen molar-refractivity contribution in [1.82, 2.24) is 15.5 Å². The third kappa shape index (κ3) is 4.30. The zero-order valence-corrected chi connectivity index (χ0v) is 12.2. The van der Waals surface area contributed by atoms with Crippen LogP contribution in [-0.4, -0.2) is 50.7 Å². The molecule has 0 aliphatic carbocycles. The monoisotopic (exact) mass is 277 g/mol. The third-order valence-corrected chi connectivity index (χ3v) is 3.30. The molecular formula is C15H23N3O2. The minimum atomic E-state index is -0.232. The van der Waals surface area contributed by atoms with E-state index >= 15 is 0 Å². The van der Waals surface area contributed by atoms with Crippen LogP contribution in [0.15, 0.2) is 24.3 Å². The van der Waals surface area contributed by atoms with Gasteiger partial charge < -0.3 is 20.3 Å². The number of benzene rings is 1. The van der Waals surface area contributed by atoms with E-state index in [0.29, 0.717) is 19.8 Å². The summed E-state index contributed by atoms with van der Waals surface area (Å²) in [6, 6.07) is 7.96. The summed E-state index contributed by atoms with van der Waals surface area (Å²) in [7, 11) is 4.08. The van der Waals surface area contributed by atoms with Gasteiger partial charge in [0, 0.05) is 19.6 Å². The SMILES string of the molecule is CN(C)Cc1ccccc1CNC(=O)C1COCCN1. The van der Waals surface area contributed by atoms with E-state index < -0.39 is 0 Å². The molecule has 5 heteroatoms. The second-order valence-corrected chi connectivity index (χ2v) is 5.31. The van der Waals surface area contributed by atoms with E-state index in [1.54, 1.807) is 0 Å². The molecule has 1 aliphatic rings. The van der Waals surface area contributed by atoms with Crippen molar-refractivity contribution in [3.05, 3.63) is 35.4 Å². The Labute approximate surface area is 120 Å². The zero-order chi connectivity index (χ0) is 14.4. The van der Waals surface area contributed by atoms with Crippen molar-refractivity contribution in [1.29, 1.82) is 0 Å². The molecule has 1 heterocycles. The average molecular weight is 277 g/mol. The number of nitrogens with one attached hydrogen (secondary N) is 2. The molecule has 1 unspecified atom stereocenters. The maximum absolute atomic E-state index is 12.0. The first kappa shape index (κ1) is 15.0. The highest BCUT2D eigenvalue weighted by atomic mass is 16.5. The van der Waals surface area contributed by atoms with Crippen LogP contribution in [0.25, 0.3) is 0 Å². The summed E-state index contributed by atoms with van der Waals surface area (Å²) in [6.45, 7) is 3.29. The molecule has 0 saturated carbocycles. The second kappa shape index (κ2) is 7.38. The van der Waals surface area contributed by atoms with Gasteiger partial charge in [-0.15, -0.1) is 0 Å². The largest absolute Gasteiger partial charge is 0.378 e. The fourth-order valence-electron chi connectivity index (χ4n) is 2.26. The number of carbonyl (C=O) groups excluding carboxylic acids is 1. The van der Waals surface area contributed by atoms with Crippen LogP contribution < -0.4 is 10.6 Å². The predicted octanol–water partition coefficient (Wildman–Crippen LogP) is 0.353.